The van der Waals surface area contributed by atoms with Crippen LogP contribution in [0.15, 0.2) is 34.9 Å². The maximum absolute atomic E-state index is 13.4. The van der Waals surface area contributed by atoms with Crippen molar-refractivity contribution in [2.75, 3.05) is 0 Å². The van der Waals surface area contributed by atoms with E-state index in [-0.39, 0.29) is 11.3 Å². The van der Waals surface area contributed by atoms with E-state index in [0.29, 0.717) is 10.7 Å². The summed E-state index contributed by atoms with van der Waals surface area (Å²) in [4.78, 5) is 3.96. The molecule has 1 aromatic heterocycles. The first-order valence-electron chi connectivity index (χ1n) is 4.35. The van der Waals surface area contributed by atoms with Crippen LogP contribution in [0.1, 0.15) is 0 Å². The molecule has 0 aliphatic heterocycles. The molecule has 0 fully saturated rings. The molecular formula is C11H5BrF3N. The summed E-state index contributed by atoms with van der Waals surface area (Å²) in [6.45, 7) is 0. The number of nitrogens with zero attached hydrogens (tertiary/aromatic N) is 1. The van der Waals surface area contributed by atoms with E-state index >= 15 is 0 Å². The zero-order valence-electron chi connectivity index (χ0n) is 7.85. The van der Waals surface area contributed by atoms with Crippen molar-refractivity contribution in [2.24, 2.45) is 0 Å². The average molecular weight is 288 g/mol. The lowest BCUT2D eigenvalue weighted by Crippen LogP contribution is -1.93. The Hall–Kier alpha value is -1.36. The minimum absolute atomic E-state index is 0.0693. The van der Waals surface area contributed by atoms with E-state index in [0.717, 1.165) is 6.07 Å². The number of hydrogen-bond acceptors (Lipinski definition) is 1. The largest absolute Gasteiger partial charge is 0.241 e. The molecule has 0 unspecified atom stereocenters. The average Bonchev–Trinajstić information content (AvgIpc) is 2.23. The highest BCUT2D eigenvalue weighted by molar-refractivity contribution is 9.10. The molecule has 5 heteroatoms. The van der Waals surface area contributed by atoms with Crippen molar-refractivity contribution in [3.8, 4) is 11.3 Å². The van der Waals surface area contributed by atoms with Gasteiger partial charge in [0.25, 0.3) is 0 Å². The number of rotatable bonds is 1. The second-order valence-electron chi connectivity index (χ2n) is 3.09. The lowest BCUT2D eigenvalue weighted by molar-refractivity contribution is 0.496. The van der Waals surface area contributed by atoms with Crippen LogP contribution in [0.3, 0.4) is 0 Å². The maximum atomic E-state index is 13.4. The van der Waals surface area contributed by atoms with Crippen LogP contribution >= 0.6 is 15.9 Å². The minimum Gasteiger partial charge on any atom is -0.241 e. The van der Waals surface area contributed by atoms with Gasteiger partial charge < -0.3 is 0 Å². The summed E-state index contributed by atoms with van der Waals surface area (Å²) in [5.41, 5.74) is 0.172. The van der Waals surface area contributed by atoms with Crippen LogP contribution in [0.5, 0.6) is 0 Å². The van der Waals surface area contributed by atoms with Gasteiger partial charge in [-0.25, -0.2) is 18.2 Å². The fourth-order valence-electron chi connectivity index (χ4n) is 1.28. The van der Waals surface area contributed by atoms with E-state index in [2.05, 4.69) is 20.9 Å². The molecule has 0 aliphatic carbocycles. The summed E-state index contributed by atoms with van der Waals surface area (Å²) in [5.74, 6) is -3.15. The molecule has 0 spiro atoms. The van der Waals surface area contributed by atoms with Crippen molar-refractivity contribution < 1.29 is 13.2 Å². The van der Waals surface area contributed by atoms with Crippen LogP contribution < -0.4 is 0 Å². The Balaban J connectivity index is 2.60. The monoisotopic (exact) mass is 287 g/mol. The van der Waals surface area contributed by atoms with E-state index in [1.165, 1.54) is 6.07 Å². The van der Waals surface area contributed by atoms with Gasteiger partial charge in [0.05, 0.1) is 5.69 Å². The van der Waals surface area contributed by atoms with E-state index in [1.807, 2.05) is 0 Å². The molecule has 1 heterocycles. The van der Waals surface area contributed by atoms with Crippen LogP contribution in [0.2, 0.25) is 0 Å². The molecule has 2 rings (SSSR count). The van der Waals surface area contributed by atoms with Crippen molar-refractivity contribution in [1.82, 2.24) is 4.98 Å². The summed E-state index contributed by atoms with van der Waals surface area (Å²) in [5, 5.41) is 0. The van der Waals surface area contributed by atoms with Gasteiger partial charge in [-0.2, -0.15) is 0 Å². The molecule has 1 aromatic carbocycles. The third kappa shape index (κ3) is 2.09. The van der Waals surface area contributed by atoms with Gasteiger partial charge >= 0.3 is 0 Å². The predicted molar refractivity (Wildman–Crippen MR) is 57.2 cm³/mol. The van der Waals surface area contributed by atoms with Gasteiger partial charge in [0.1, 0.15) is 10.4 Å². The lowest BCUT2D eigenvalue weighted by Gasteiger charge is -2.03. The highest BCUT2D eigenvalue weighted by Crippen LogP contribution is 2.24. The highest BCUT2D eigenvalue weighted by Gasteiger charge is 2.12. The zero-order chi connectivity index (χ0) is 11.7. The molecule has 0 saturated carbocycles. The van der Waals surface area contributed by atoms with Crippen molar-refractivity contribution >= 4 is 15.9 Å². The fourth-order valence-corrected chi connectivity index (χ4v) is 1.62. The molecule has 82 valence electrons. The van der Waals surface area contributed by atoms with Gasteiger partial charge in [-0.1, -0.05) is 6.07 Å². The molecule has 2 aromatic rings. The Morgan fingerprint density at radius 1 is 0.938 bits per heavy atom. The molecular weight excluding hydrogens is 283 g/mol. The summed E-state index contributed by atoms with van der Waals surface area (Å²) < 4.78 is 39.6. The Kier molecular flexibility index (Phi) is 2.96. The smallest absolute Gasteiger partial charge is 0.161 e. The summed E-state index contributed by atoms with van der Waals surface area (Å²) in [6, 6.07) is 6.10. The van der Waals surface area contributed by atoms with Crippen LogP contribution in [0.25, 0.3) is 11.3 Å². The third-order valence-electron chi connectivity index (χ3n) is 2.00. The van der Waals surface area contributed by atoms with Crippen LogP contribution in [0.4, 0.5) is 13.2 Å². The second kappa shape index (κ2) is 4.25. The van der Waals surface area contributed by atoms with E-state index in [4.69, 9.17) is 0 Å². The SMILES string of the molecule is Fc1cc(F)c(-c2cccc(Br)n2)cc1F. The molecule has 16 heavy (non-hydrogen) atoms. The Labute approximate surface area is 98.1 Å². The van der Waals surface area contributed by atoms with E-state index < -0.39 is 17.5 Å². The molecule has 0 atom stereocenters. The first-order chi connectivity index (χ1) is 7.58. The number of hydrogen-bond donors (Lipinski definition) is 0. The minimum atomic E-state index is -1.21. The van der Waals surface area contributed by atoms with Gasteiger partial charge in [-0.05, 0) is 34.1 Å². The molecule has 0 aliphatic rings. The highest BCUT2D eigenvalue weighted by atomic mass is 79.9. The van der Waals surface area contributed by atoms with Crippen molar-refractivity contribution in [3.63, 3.8) is 0 Å². The first kappa shape index (κ1) is 11.1. The Bertz CT molecular complexity index is 543. The topological polar surface area (TPSA) is 12.9 Å². The van der Waals surface area contributed by atoms with Gasteiger partial charge in [0, 0.05) is 11.6 Å². The zero-order valence-corrected chi connectivity index (χ0v) is 9.43. The molecule has 0 saturated heterocycles. The van der Waals surface area contributed by atoms with Crippen LogP contribution in [-0.2, 0) is 0 Å². The molecule has 0 radical (unpaired) electrons. The normalized spacial score (nSPS) is 10.5. The lowest BCUT2D eigenvalue weighted by atomic mass is 10.1. The molecule has 0 bridgehead atoms. The maximum Gasteiger partial charge on any atom is 0.161 e. The molecule has 0 amide bonds. The summed E-state index contributed by atoms with van der Waals surface area (Å²) >= 11 is 3.12. The predicted octanol–water partition coefficient (Wildman–Crippen LogP) is 3.93. The molecule has 1 nitrogen and oxygen atoms in total. The van der Waals surface area contributed by atoms with E-state index in [1.54, 1.807) is 12.1 Å². The molecule has 0 N–H and O–H groups in total. The van der Waals surface area contributed by atoms with Gasteiger partial charge in [0.15, 0.2) is 11.6 Å². The standard InChI is InChI=1S/C11H5BrF3N/c12-11-3-1-2-10(16-11)6-4-8(14)9(15)5-7(6)13/h1-5H. The number of aromatic nitrogens is 1. The summed E-state index contributed by atoms with van der Waals surface area (Å²) in [6.07, 6.45) is 0. The Morgan fingerprint density at radius 3 is 2.31 bits per heavy atom. The van der Waals surface area contributed by atoms with Gasteiger partial charge in [-0.15, -0.1) is 0 Å². The number of benzene rings is 1. The van der Waals surface area contributed by atoms with Gasteiger partial charge in [-0.3, -0.25) is 0 Å². The van der Waals surface area contributed by atoms with Gasteiger partial charge in [0.2, 0.25) is 0 Å². The fraction of sp³-hybridized carbons (Fsp3) is 0. The summed E-state index contributed by atoms with van der Waals surface area (Å²) in [7, 11) is 0. The first-order valence-corrected chi connectivity index (χ1v) is 5.14. The van der Waals surface area contributed by atoms with E-state index in [9.17, 15) is 13.2 Å². The van der Waals surface area contributed by atoms with Crippen molar-refractivity contribution in [3.05, 3.63) is 52.4 Å². The number of pyridine rings is 1. The third-order valence-corrected chi connectivity index (χ3v) is 2.44. The second-order valence-corrected chi connectivity index (χ2v) is 3.90. The quantitative estimate of drug-likeness (QED) is 0.572. The van der Waals surface area contributed by atoms with Crippen molar-refractivity contribution in [1.29, 1.82) is 0 Å². The van der Waals surface area contributed by atoms with Crippen molar-refractivity contribution in [2.45, 2.75) is 0 Å². The Morgan fingerprint density at radius 2 is 1.62 bits per heavy atom. The number of halogens is 4. The van der Waals surface area contributed by atoms with Crippen LogP contribution in [-0.4, -0.2) is 4.98 Å². The van der Waals surface area contributed by atoms with Crippen LogP contribution in [0, 0.1) is 17.5 Å².